The number of hydrogen-bond donors (Lipinski definition) is 1. The second-order valence-corrected chi connectivity index (χ2v) is 7.09. The van der Waals surface area contributed by atoms with Crippen molar-refractivity contribution < 1.29 is 4.79 Å². The minimum atomic E-state index is -0.248. The molecule has 0 aliphatic rings. The van der Waals surface area contributed by atoms with Crippen LogP contribution in [-0.2, 0) is 0 Å². The van der Waals surface area contributed by atoms with Crippen molar-refractivity contribution in [1.82, 2.24) is 9.99 Å². The quantitative estimate of drug-likeness (QED) is 0.458. The van der Waals surface area contributed by atoms with Crippen LogP contribution in [0.3, 0.4) is 0 Å². The average Bonchev–Trinajstić information content (AvgIpc) is 2.91. The van der Waals surface area contributed by atoms with Crippen LogP contribution in [-0.4, -0.2) is 16.7 Å². The largest absolute Gasteiger partial charge is 0.316 e. The first-order chi connectivity index (χ1) is 12.9. The highest BCUT2D eigenvalue weighted by Crippen LogP contribution is 2.31. The number of benzene rings is 2. The average molecular weight is 400 g/mol. The van der Waals surface area contributed by atoms with E-state index in [0.717, 1.165) is 28.2 Å². The molecule has 0 spiro atoms. The van der Waals surface area contributed by atoms with E-state index in [2.05, 4.69) is 10.5 Å². The molecule has 1 aromatic heterocycles. The normalized spacial score (nSPS) is 11.1. The Balaban J connectivity index is 1.83. The molecule has 0 saturated carbocycles. The summed E-state index contributed by atoms with van der Waals surface area (Å²) in [5.74, 6) is -0.248. The van der Waals surface area contributed by atoms with E-state index < -0.39 is 0 Å². The second-order valence-electron chi connectivity index (χ2n) is 6.30. The monoisotopic (exact) mass is 399 g/mol. The Bertz CT molecular complexity index is 1040. The third-order valence-electron chi connectivity index (χ3n) is 4.29. The molecule has 0 saturated heterocycles. The van der Waals surface area contributed by atoms with Crippen LogP contribution >= 0.6 is 23.2 Å². The topological polar surface area (TPSA) is 46.4 Å². The van der Waals surface area contributed by atoms with Crippen molar-refractivity contribution in [2.45, 2.75) is 20.8 Å². The third-order valence-corrected chi connectivity index (χ3v) is 5.10. The van der Waals surface area contributed by atoms with Gasteiger partial charge in [-0.2, -0.15) is 5.10 Å². The van der Waals surface area contributed by atoms with E-state index in [1.807, 2.05) is 61.7 Å². The van der Waals surface area contributed by atoms with E-state index in [9.17, 15) is 4.79 Å². The smallest absolute Gasteiger partial charge is 0.271 e. The summed E-state index contributed by atoms with van der Waals surface area (Å²) in [6.45, 7) is 5.89. The number of hydrogen-bond acceptors (Lipinski definition) is 2. The van der Waals surface area contributed by atoms with Crippen molar-refractivity contribution in [3.05, 3.63) is 86.7 Å². The summed E-state index contributed by atoms with van der Waals surface area (Å²) in [7, 11) is 0. The van der Waals surface area contributed by atoms with Gasteiger partial charge >= 0.3 is 0 Å². The van der Waals surface area contributed by atoms with Gasteiger partial charge in [-0.1, -0.05) is 47.0 Å². The van der Waals surface area contributed by atoms with Gasteiger partial charge < -0.3 is 4.57 Å². The van der Waals surface area contributed by atoms with Gasteiger partial charge in [-0.15, -0.1) is 0 Å². The van der Waals surface area contributed by atoms with E-state index in [1.54, 1.807) is 18.3 Å². The Labute approximate surface area is 168 Å². The van der Waals surface area contributed by atoms with E-state index in [4.69, 9.17) is 23.2 Å². The lowest BCUT2D eigenvalue weighted by Crippen LogP contribution is -2.17. The maximum Gasteiger partial charge on any atom is 0.271 e. The molecule has 0 radical (unpaired) electrons. The molecular weight excluding hydrogens is 381 g/mol. The molecule has 6 heteroatoms. The van der Waals surface area contributed by atoms with Gasteiger partial charge in [0.25, 0.3) is 5.91 Å². The SMILES string of the molecule is Cc1cccc(C(=O)N/N=C\c2cc(C)n(-c3cccc(Cl)c3Cl)c2C)c1. The van der Waals surface area contributed by atoms with Gasteiger partial charge in [-0.25, -0.2) is 5.43 Å². The molecule has 0 aliphatic carbocycles. The summed E-state index contributed by atoms with van der Waals surface area (Å²) in [6, 6.07) is 14.9. The van der Waals surface area contributed by atoms with Gasteiger partial charge in [0.15, 0.2) is 0 Å². The molecular formula is C21H19Cl2N3O. The van der Waals surface area contributed by atoms with E-state index in [-0.39, 0.29) is 5.91 Å². The summed E-state index contributed by atoms with van der Waals surface area (Å²) in [6.07, 6.45) is 1.63. The number of halogens is 2. The molecule has 138 valence electrons. The van der Waals surface area contributed by atoms with Crippen LogP contribution in [0, 0.1) is 20.8 Å². The molecule has 0 atom stereocenters. The van der Waals surface area contributed by atoms with Crippen molar-refractivity contribution in [1.29, 1.82) is 0 Å². The van der Waals surface area contributed by atoms with E-state index >= 15 is 0 Å². The minimum absolute atomic E-state index is 0.248. The van der Waals surface area contributed by atoms with Crippen molar-refractivity contribution >= 4 is 35.3 Å². The summed E-state index contributed by atoms with van der Waals surface area (Å²) >= 11 is 12.5. The Morgan fingerprint density at radius 3 is 2.56 bits per heavy atom. The molecule has 0 aliphatic heterocycles. The number of carbonyl (C=O) groups excluding carboxylic acids is 1. The highest BCUT2D eigenvalue weighted by Gasteiger charge is 2.13. The highest BCUT2D eigenvalue weighted by molar-refractivity contribution is 6.43. The lowest BCUT2D eigenvalue weighted by Gasteiger charge is -2.12. The number of hydrazone groups is 1. The third kappa shape index (κ3) is 4.07. The first-order valence-electron chi connectivity index (χ1n) is 8.42. The number of aromatic nitrogens is 1. The zero-order chi connectivity index (χ0) is 19.6. The van der Waals surface area contributed by atoms with E-state index in [1.165, 1.54) is 0 Å². The molecule has 1 N–H and O–H groups in total. The van der Waals surface area contributed by atoms with Gasteiger partial charge in [-0.3, -0.25) is 4.79 Å². The van der Waals surface area contributed by atoms with E-state index in [0.29, 0.717) is 15.6 Å². The number of nitrogens with one attached hydrogen (secondary N) is 1. The maximum atomic E-state index is 12.2. The van der Waals surface area contributed by atoms with Crippen molar-refractivity contribution in [2.24, 2.45) is 5.10 Å². The summed E-state index contributed by atoms with van der Waals surface area (Å²) < 4.78 is 2.01. The first-order valence-corrected chi connectivity index (χ1v) is 9.17. The Hall–Kier alpha value is -2.56. The molecule has 2 aromatic carbocycles. The predicted octanol–water partition coefficient (Wildman–Crippen LogP) is 5.47. The Morgan fingerprint density at radius 2 is 1.81 bits per heavy atom. The van der Waals surface area contributed by atoms with Crippen LogP contribution in [0.1, 0.15) is 32.9 Å². The van der Waals surface area contributed by atoms with Crippen LogP contribution in [0.5, 0.6) is 0 Å². The van der Waals surface area contributed by atoms with Crippen LogP contribution in [0.15, 0.2) is 53.6 Å². The van der Waals surface area contributed by atoms with Crippen LogP contribution < -0.4 is 5.43 Å². The first kappa shape index (κ1) is 19.2. The highest BCUT2D eigenvalue weighted by atomic mass is 35.5. The van der Waals surface area contributed by atoms with Gasteiger partial charge in [0.1, 0.15) is 0 Å². The summed E-state index contributed by atoms with van der Waals surface area (Å²) in [4.78, 5) is 12.2. The van der Waals surface area contributed by atoms with Gasteiger partial charge in [0.05, 0.1) is 21.9 Å². The number of carbonyl (C=O) groups is 1. The van der Waals surface area contributed by atoms with Crippen molar-refractivity contribution in [3.63, 3.8) is 0 Å². The predicted molar refractivity (Wildman–Crippen MR) is 112 cm³/mol. The molecule has 0 fully saturated rings. The molecule has 27 heavy (non-hydrogen) atoms. The maximum absolute atomic E-state index is 12.2. The molecule has 3 rings (SSSR count). The number of nitrogens with zero attached hydrogens (tertiary/aromatic N) is 2. The number of amides is 1. The van der Waals surface area contributed by atoms with Crippen LogP contribution in [0.4, 0.5) is 0 Å². The Morgan fingerprint density at radius 1 is 1.07 bits per heavy atom. The van der Waals surface area contributed by atoms with Crippen molar-refractivity contribution in [3.8, 4) is 5.69 Å². The molecule has 3 aromatic rings. The fraction of sp³-hybridized carbons (Fsp3) is 0.143. The van der Waals surface area contributed by atoms with Crippen LogP contribution in [0.25, 0.3) is 5.69 Å². The number of rotatable bonds is 4. The number of aryl methyl sites for hydroxylation is 2. The standard InChI is InChI=1S/C21H19Cl2N3O/c1-13-6-4-7-16(10-13)21(27)25-24-12-17-11-14(2)26(15(17)3)19-9-5-8-18(22)20(19)23/h4-12H,1-3H3,(H,25,27)/b24-12-. The van der Waals surface area contributed by atoms with Gasteiger partial charge in [0.2, 0.25) is 0 Å². The molecule has 4 nitrogen and oxygen atoms in total. The lowest BCUT2D eigenvalue weighted by atomic mass is 10.1. The second kappa shape index (κ2) is 7.99. The zero-order valence-corrected chi connectivity index (χ0v) is 16.8. The van der Waals surface area contributed by atoms with Crippen molar-refractivity contribution in [2.75, 3.05) is 0 Å². The summed E-state index contributed by atoms with van der Waals surface area (Å²) in [5, 5.41) is 5.10. The lowest BCUT2D eigenvalue weighted by molar-refractivity contribution is 0.0955. The molecule has 0 unspecified atom stereocenters. The van der Waals surface area contributed by atoms with Crippen LogP contribution in [0.2, 0.25) is 10.0 Å². The van der Waals surface area contributed by atoms with Gasteiger partial charge in [0, 0.05) is 22.5 Å². The molecule has 0 bridgehead atoms. The Kier molecular flexibility index (Phi) is 5.68. The van der Waals surface area contributed by atoms with Gasteiger partial charge in [-0.05, 0) is 51.1 Å². The summed E-state index contributed by atoms with van der Waals surface area (Å²) in [5.41, 5.74) is 7.79. The fourth-order valence-electron chi connectivity index (χ4n) is 2.97. The fourth-order valence-corrected chi connectivity index (χ4v) is 3.35. The zero-order valence-electron chi connectivity index (χ0n) is 15.3. The molecule has 1 amide bonds. The molecule has 1 heterocycles. The minimum Gasteiger partial charge on any atom is -0.316 e.